The van der Waals surface area contributed by atoms with E-state index in [1.165, 1.54) is 0 Å². The third-order valence-corrected chi connectivity index (χ3v) is 7.24. The third kappa shape index (κ3) is 6.72. The van der Waals surface area contributed by atoms with Gasteiger partial charge in [0.15, 0.2) is 0 Å². The van der Waals surface area contributed by atoms with Crippen molar-refractivity contribution >= 4 is 29.1 Å². The molecule has 0 spiro atoms. The molecule has 2 aromatic carbocycles. The van der Waals surface area contributed by atoms with Gasteiger partial charge < -0.3 is 24.8 Å². The topological polar surface area (TPSA) is 82.2 Å². The number of anilines is 2. The minimum absolute atomic E-state index is 0.0584. The number of hydrogen-bond donors (Lipinski definition) is 1. The van der Waals surface area contributed by atoms with Crippen molar-refractivity contribution in [1.29, 1.82) is 0 Å². The highest BCUT2D eigenvalue weighted by atomic mass is 16.5. The van der Waals surface area contributed by atoms with E-state index in [-0.39, 0.29) is 29.6 Å². The zero-order valence-corrected chi connectivity index (χ0v) is 22.8. The molecule has 2 aliphatic heterocycles. The van der Waals surface area contributed by atoms with Gasteiger partial charge >= 0.3 is 0 Å². The Balaban J connectivity index is 1.50. The van der Waals surface area contributed by atoms with E-state index in [1.54, 1.807) is 6.07 Å². The molecule has 2 fully saturated rings. The van der Waals surface area contributed by atoms with Crippen molar-refractivity contribution in [3.8, 4) is 0 Å². The summed E-state index contributed by atoms with van der Waals surface area (Å²) in [5, 5.41) is 2.95. The summed E-state index contributed by atoms with van der Waals surface area (Å²) in [7, 11) is 0. The Morgan fingerprint density at radius 2 is 1.58 bits per heavy atom. The highest BCUT2D eigenvalue weighted by molar-refractivity contribution is 6.02. The fourth-order valence-electron chi connectivity index (χ4n) is 5.21. The van der Waals surface area contributed by atoms with Crippen molar-refractivity contribution in [3.05, 3.63) is 59.7 Å². The van der Waals surface area contributed by atoms with Crippen LogP contribution in [0.4, 0.5) is 11.4 Å². The summed E-state index contributed by atoms with van der Waals surface area (Å²) in [6.07, 6.45) is 1.18. The second-order valence-electron chi connectivity index (χ2n) is 10.5. The van der Waals surface area contributed by atoms with Crippen LogP contribution in [-0.2, 0) is 14.3 Å². The Kier molecular flexibility index (Phi) is 9.39. The fourth-order valence-corrected chi connectivity index (χ4v) is 5.21. The summed E-state index contributed by atoms with van der Waals surface area (Å²) in [5.74, 6) is 0.142. The average molecular weight is 521 g/mol. The Morgan fingerprint density at radius 3 is 2.21 bits per heavy atom. The van der Waals surface area contributed by atoms with E-state index in [4.69, 9.17) is 4.74 Å². The smallest absolute Gasteiger partial charge is 0.256 e. The number of benzene rings is 2. The number of carbonyl (C=O) groups is 3. The first kappa shape index (κ1) is 27.6. The maximum absolute atomic E-state index is 13.6. The number of hydrogen-bond acceptors (Lipinski definition) is 5. The van der Waals surface area contributed by atoms with Crippen LogP contribution in [0.25, 0.3) is 0 Å². The molecule has 8 nitrogen and oxygen atoms in total. The summed E-state index contributed by atoms with van der Waals surface area (Å²) >= 11 is 0. The first-order chi connectivity index (χ1) is 18.4. The standard InChI is InChI=1S/C30H40N4O4/c1-4-25(23-8-6-5-7-9-23)29(36)33-14-12-32(13-15-33)27-11-10-24(31-28(35)20-22(2)3)21-26(27)30(37)34-16-18-38-19-17-34/h5-11,21-22,25H,4,12-20H2,1-3H3,(H,31,35)/t25-/m1/s1. The maximum atomic E-state index is 13.6. The van der Waals surface area contributed by atoms with Crippen molar-refractivity contribution in [2.24, 2.45) is 5.92 Å². The van der Waals surface area contributed by atoms with Gasteiger partial charge in [0.2, 0.25) is 11.8 Å². The molecule has 0 aromatic heterocycles. The lowest BCUT2D eigenvalue weighted by molar-refractivity contribution is -0.133. The minimum Gasteiger partial charge on any atom is -0.378 e. The number of ether oxygens (including phenoxy) is 1. The zero-order valence-electron chi connectivity index (χ0n) is 22.8. The van der Waals surface area contributed by atoms with E-state index in [9.17, 15) is 14.4 Å². The van der Waals surface area contributed by atoms with Gasteiger partial charge in [0, 0.05) is 57.1 Å². The summed E-state index contributed by atoms with van der Waals surface area (Å²) < 4.78 is 5.44. The highest BCUT2D eigenvalue weighted by Gasteiger charge is 2.30. The molecule has 2 heterocycles. The number of rotatable bonds is 8. The van der Waals surface area contributed by atoms with Gasteiger partial charge in [-0.15, -0.1) is 0 Å². The molecule has 4 rings (SSSR count). The number of nitrogens with one attached hydrogen (secondary N) is 1. The molecule has 0 unspecified atom stereocenters. The SMILES string of the molecule is CC[C@@H](C(=O)N1CCN(c2ccc(NC(=O)CC(C)C)cc2C(=O)N2CCOCC2)CC1)c1ccccc1. The molecule has 0 radical (unpaired) electrons. The molecule has 2 saturated heterocycles. The van der Waals surface area contributed by atoms with Crippen LogP contribution >= 0.6 is 0 Å². The summed E-state index contributed by atoms with van der Waals surface area (Å²) in [4.78, 5) is 45.3. The highest BCUT2D eigenvalue weighted by Crippen LogP contribution is 2.29. The van der Waals surface area contributed by atoms with E-state index < -0.39 is 0 Å². The van der Waals surface area contributed by atoms with Crippen LogP contribution in [0.15, 0.2) is 48.5 Å². The second kappa shape index (κ2) is 12.9. The summed E-state index contributed by atoms with van der Waals surface area (Å²) in [5.41, 5.74) is 3.09. The van der Waals surface area contributed by atoms with E-state index in [1.807, 2.05) is 66.1 Å². The van der Waals surface area contributed by atoms with Gasteiger partial charge in [0.05, 0.1) is 24.7 Å². The van der Waals surface area contributed by atoms with Crippen LogP contribution in [0.2, 0.25) is 0 Å². The quantitative estimate of drug-likeness (QED) is 0.569. The van der Waals surface area contributed by atoms with Crippen molar-refractivity contribution in [2.75, 3.05) is 62.7 Å². The van der Waals surface area contributed by atoms with Crippen LogP contribution in [0.5, 0.6) is 0 Å². The van der Waals surface area contributed by atoms with Crippen molar-refractivity contribution in [2.45, 2.75) is 39.5 Å². The molecular weight excluding hydrogens is 480 g/mol. The molecule has 0 saturated carbocycles. The molecule has 38 heavy (non-hydrogen) atoms. The van der Waals surface area contributed by atoms with Crippen LogP contribution in [0, 0.1) is 5.92 Å². The molecule has 1 N–H and O–H groups in total. The van der Waals surface area contributed by atoms with Crippen molar-refractivity contribution in [1.82, 2.24) is 9.80 Å². The van der Waals surface area contributed by atoms with Gasteiger partial charge in [-0.2, -0.15) is 0 Å². The minimum atomic E-state index is -0.144. The lowest BCUT2D eigenvalue weighted by atomic mass is 9.94. The summed E-state index contributed by atoms with van der Waals surface area (Å²) in [6, 6.07) is 15.6. The molecular formula is C30H40N4O4. The molecule has 0 aliphatic carbocycles. The number of nitrogens with zero attached hydrogens (tertiary/aromatic N) is 3. The summed E-state index contributed by atoms with van der Waals surface area (Å²) in [6.45, 7) is 10.7. The molecule has 2 aromatic rings. The van der Waals surface area contributed by atoms with Gasteiger partial charge in [0.25, 0.3) is 5.91 Å². The van der Waals surface area contributed by atoms with Crippen molar-refractivity contribution < 1.29 is 19.1 Å². The first-order valence-electron chi connectivity index (χ1n) is 13.8. The first-order valence-corrected chi connectivity index (χ1v) is 13.8. The molecule has 3 amide bonds. The third-order valence-electron chi connectivity index (χ3n) is 7.24. The number of amides is 3. The second-order valence-corrected chi connectivity index (χ2v) is 10.5. The maximum Gasteiger partial charge on any atom is 0.256 e. The molecule has 2 aliphatic rings. The van der Waals surface area contributed by atoms with E-state index in [2.05, 4.69) is 17.1 Å². The molecule has 1 atom stereocenters. The van der Waals surface area contributed by atoms with Crippen LogP contribution in [0.3, 0.4) is 0 Å². The largest absolute Gasteiger partial charge is 0.378 e. The normalized spacial score (nSPS) is 16.9. The van der Waals surface area contributed by atoms with Gasteiger partial charge in [-0.25, -0.2) is 0 Å². The molecule has 204 valence electrons. The number of carbonyl (C=O) groups excluding carboxylic acids is 3. The fraction of sp³-hybridized carbons (Fsp3) is 0.500. The monoisotopic (exact) mass is 520 g/mol. The zero-order chi connectivity index (χ0) is 27.1. The average Bonchev–Trinajstić information content (AvgIpc) is 2.93. The Hall–Kier alpha value is -3.39. The predicted molar refractivity (Wildman–Crippen MR) is 150 cm³/mol. The van der Waals surface area contributed by atoms with Crippen LogP contribution in [-0.4, -0.2) is 80.0 Å². The van der Waals surface area contributed by atoms with Crippen molar-refractivity contribution in [3.63, 3.8) is 0 Å². The Bertz CT molecular complexity index is 1110. The van der Waals surface area contributed by atoms with Gasteiger partial charge in [-0.3, -0.25) is 14.4 Å². The molecule has 8 heteroatoms. The predicted octanol–water partition coefficient (Wildman–Crippen LogP) is 3.99. The lowest BCUT2D eigenvalue weighted by Gasteiger charge is -2.38. The van der Waals surface area contributed by atoms with Gasteiger partial charge in [0.1, 0.15) is 0 Å². The van der Waals surface area contributed by atoms with Gasteiger partial charge in [-0.05, 0) is 36.1 Å². The van der Waals surface area contributed by atoms with E-state index >= 15 is 0 Å². The van der Waals surface area contributed by atoms with Gasteiger partial charge in [-0.1, -0.05) is 51.1 Å². The van der Waals surface area contributed by atoms with Crippen LogP contribution in [0.1, 0.15) is 55.5 Å². The Morgan fingerprint density at radius 1 is 0.895 bits per heavy atom. The molecule has 0 bridgehead atoms. The number of morpholine rings is 1. The lowest BCUT2D eigenvalue weighted by Crippen LogP contribution is -2.50. The van der Waals surface area contributed by atoms with Crippen LogP contribution < -0.4 is 10.2 Å². The number of piperazine rings is 1. The van der Waals surface area contributed by atoms with E-state index in [0.717, 1.165) is 17.7 Å². The Labute approximate surface area is 225 Å². The van der Waals surface area contributed by atoms with E-state index in [0.29, 0.717) is 70.2 Å².